The maximum absolute atomic E-state index is 14.7. The van der Waals surface area contributed by atoms with E-state index in [1.54, 1.807) is 43.1 Å². The maximum atomic E-state index is 14.7. The molecule has 0 unspecified atom stereocenters. The molecule has 0 bridgehead atoms. The molecule has 6 heterocycles. The lowest BCUT2D eigenvalue weighted by molar-refractivity contribution is 0.334. The SMILES string of the molecule is Fc1cc(CCCN2CCCC2)cc(-c2cncc3[nH]c(-c4n[nH]c5cnc(-c6ccncc6)cc45)nc23)c1. The van der Waals surface area contributed by atoms with Gasteiger partial charge in [-0.2, -0.15) is 5.10 Å². The van der Waals surface area contributed by atoms with E-state index in [4.69, 9.17) is 4.98 Å². The van der Waals surface area contributed by atoms with E-state index in [0.29, 0.717) is 11.5 Å². The number of hydrogen-bond donors (Lipinski definition) is 2. The first-order chi connectivity index (χ1) is 19.2. The number of H-pyrrole nitrogens is 2. The Balaban J connectivity index is 1.23. The molecule has 0 spiro atoms. The molecule has 39 heavy (non-hydrogen) atoms. The molecule has 6 aromatic rings. The average Bonchev–Trinajstić information content (AvgIpc) is 3.72. The first-order valence-electron chi connectivity index (χ1n) is 13.3. The van der Waals surface area contributed by atoms with Crippen LogP contribution in [0, 0.1) is 5.82 Å². The summed E-state index contributed by atoms with van der Waals surface area (Å²) in [5.74, 6) is 0.366. The number of fused-ring (bicyclic) bond motifs is 2. The average molecular weight is 519 g/mol. The van der Waals surface area contributed by atoms with E-state index in [-0.39, 0.29) is 5.82 Å². The van der Waals surface area contributed by atoms with Gasteiger partial charge >= 0.3 is 0 Å². The summed E-state index contributed by atoms with van der Waals surface area (Å²) in [7, 11) is 0. The molecule has 1 aromatic carbocycles. The van der Waals surface area contributed by atoms with Gasteiger partial charge in [0.05, 0.1) is 34.6 Å². The second-order valence-corrected chi connectivity index (χ2v) is 10.1. The molecule has 0 amide bonds. The number of pyridine rings is 3. The minimum absolute atomic E-state index is 0.245. The molecule has 9 heteroatoms. The largest absolute Gasteiger partial charge is 0.335 e. The van der Waals surface area contributed by atoms with Crippen molar-refractivity contribution < 1.29 is 4.39 Å². The lowest BCUT2D eigenvalue weighted by atomic mass is 10.0. The molecule has 8 nitrogen and oxygen atoms in total. The number of likely N-dealkylation sites (tertiary alicyclic amines) is 1. The van der Waals surface area contributed by atoms with Crippen LogP contribution in [0.25, 0.3) is 55.8 Å². The fourth-order valence-electron chi connectivity index (χ4n) is 5.50. The van der Waals surface area contributed by atoms with Crippen molar-refractivity contribution in [2.45, 2.75) is 25.7 Å². The summed E-state index contributed by atoms with van der Waals surface area (Å²) in [6.45, 7) is 3.41. The standard InChI is InChI=1S/C30H27FN8/c31-22-13-19(4-3-11-39-9-1-2-10-39)12-21(14-22)24-16-33-17-27-28(24)36-30(35-27)29-23-15-25(20-5-7-32-8-6-20)34-18-26(23)37-38-29/h5-8,12-18H,1-4,9-11H2,(H,35,36)(H,37,38). The van der Waals surface area contributed by atoms with Gasteiger partial charge < -0.3 is 9.88 Å². The highest BCUT2D eigenvalue weighted by molar-refractivity contribution is 5.97. The third-order valence-corrected chi connectivity index (χ3v) is 7.45. The molecule has 0 atom stereocenters. The summed E-state index contributed by atoms with van der Waals surface area (Å²) in [4.78, 5) is 23.9. The topological polar surface area (TPSA) is 99.3 Å². The smallest absolute Gasteiger partial charge is 0.159 e. The molecule has 1 aliphatic rings. The van der Waals surface area contributed by atoms with Crippen LogP contribution in [-0.2, 0) is 6.42 Å². The number of aryl methyl sites for hydroxylation is 1. The molecule has 5 aromatic heterocycles. The van der Waals surface area contributed by atoms with Gasteiger partial charge in [-0.05, 0) is 86.8 Å². The molecule has 0 radical (unpaired) electrons. The van der Waals surface area contributed by atoms with Gasteiger partial charge in [0.1, 0.15) is 11.5 Å². The predicted molar refractivity (Wildman–Crippen MR) is 149 cm³/mol. The second-order valence-electron chi connectivity index (χ2n) is 10.1. The summed E-state index contributed by atoms with van der Waals surface area (Å²) >= 11 is 0. The van der Waals surface area contributed by atoms with E-state index in [1.165, 1.54) is 25.9 Å². The Morgan fingerprint density at radius 3 is 2.64 bits per heavy atom. The molecule has 1 saturated heterocycles. The molecular formula is C30H27FN8. The van der Waals surface area contributed by atoms with E-state index in [2.05, 4.69) is 41.1 Å². The van der Waals surface area contributed by atoms with Crippen molar-refractivity contribution in [3.63, 3.8) is 0 Å². The van der Waals surface area contributed by atoms with Crippen molar-refractivity contribution in [3.05, 3.63) is 78.8 Å². The van der Waals surface area contributed by atoms with Crippen LogP contribution in [0.1, 0.15) is 24.8 Å². The van der Waals surface area contributed by atoms with Crippen molar-refractivity contribution in [1.29, 1.82) is 0 Å². The van der Waals surface area contributed by atoms with Gasteiger partial charge in [-0.25, -0.2) is 9.37 Å². The Bertz CT molecular complexity index is 1770. The summed E-state index contributed by atoms with van der Waals surface area (Å²) in [5.41, 5.74) is 7.34. The first-order valence-corrected chi connectivity index (χ1v) is 13.3. The minimum Gasteiger partial charge on any atom is -0.335 e. The number of aromatic amines is 2. The molecule has 2 N–H and O–H groups in total. The highest BCUT2D eigenvalue weighted by Gasteiger charge is 2.17. The van der Waals surface area contributed by atoms with Crippen molar-refractivity contribution in [2.75, 3.05) is 19.6 Å². The fourth-order valence-corrected chi connectivity index (χ4v) is 5.50. The van der Waals surface area contributed by atoms with Gasteiger partial charge in [0, 0.05) is 35.1 Å². The van der Waals surface area contributed by atoms with E-state index in [0.717, 1.165) is 69.3 Å². The zero-order valence-electron chi connectivity index (χ0n) is 21.4. The number of rotatable bonds is 7. The summed E-state index contributed by atoms with van der Waals surface area (Å²) in [5, 5.41) is 8.49. The third kappa shape index (κ3) is 4.66. The number of imidazole rings is 1. The van der Waals surface area contributed by atoms with Gasteiger partial charge in [0.25, 0.3) is 0 Å². The summed E-state index contributed by atoms with van der Waals surface area (Å²) < 4.78 is 14.7. The van der Waals surface area contributed by atoms with Gasteiger partial charge in [0.2, 0.25) is 0 Å². The normalized spacial score (nSPS) is 14.1. The van der Waals surface area contributed by atoms with Crippen LogP contribution in [0.5, 0.6) is 0 Å². The highest BCUT2D eigenvalue weighted by atomic mass is 19.1. The molecule has 1 fully saturated rings. The van der Waals surface area contributed by atoms with E-state index in [9.17, 15) is 4.39 Å². The number of nitrogens with zero attached hydrogens (tertiary/aromatic N) is 6. The number of halogens is 1. The highest BCUT2D eigenvalue weighted by Crippen LogP contribution is 2.32. The Morgan fingerprint density at radius 2 is 1.77 bits per heavy atom. The lowest BCUT2D eigenvalue weighted by Gasteiger charge is -2.14. The minimum atomic E-state index is -0.245. The maximum Gasteiger partial charge on any atom is 0.159 e. The van der Waals surface area contributed by atoms with Crippen molar-refractivity contribution in [2.24, 2.45) is 0 Å². The molecule has 0 saturated carbocycles. The molecule has 1 aliphatic heterocycles. The zero-order valence-corrected chi connectivity index (χ0v) is 21.4. The van der Waals surface area contributed by atoms with Crippen molar-refractivity contribution in [1.82, 2.24) is 40.0 Å². The Kier molecular flexibility index (Phi) is 6.05. The van der Waals surface area contributed by atoms with Crippen molar-refractivity contribution in [3.8, 4) is 33.9 Å². The van der Waals surface area contributed by atoms with Crippen LogP contribution in [0.2, 0.25) is 0 Å². The predicted octanol–water partition coefficient (Wildman–Crippen LogP) is 5.79. The van der Waals surface area contributed by atoms with E-state index in [1.807, 2.05) is 18.2 Å². The zero-order chi connectivity index (χ0) is 26.2. The van der Waals surface area contributed by atoms with Crippen LogP contribution in [0.3, 0.4) is 0 Å². The Labute approximate surface area is 224 Å². The number of benzene rings is 1. The summed E-state index contributed by atoms with van der Waals surface area (Å²) in [6, 6.07) is 11.1. The molecular weight excluding hydrogens is 491 g/mol. The van der Waals surface area contributed by atoms with Crippen molar-refractivity contribution >= 4 is 21.9 Å². The van der Waals surface area contributed by atoms with Crippen LogP contribution in [0.15, 0.2) is 67.4 Å². The first kappa shape index (κ1) is 23.6. The van der Waals surface area contributed by atoms with E-state index < -0.39 is 0 Å². The van der Waals surface area contributed by atoms with Crippen LogP contribution < -0.4 is 0 Å². The van der Waals surface area contributed by atoms with Gasteiger partial charge in [-0.1, -0.05) is 6.07 Å². The molecule has 7 rings (SSSR count). The number of nitrogens with one attached hydrogen (secondary N) is 2. The third-order valence-electron chi connectivity index (χ3n) is 7.45. The van der Waals surface area contributed by atoms with Crippen LogP contribution >= 0.6 is 0 Å². The fraction of sp³-hybridized carbons (Fsp3) is 0.233. The van der Waals surface area contributed by atoms with Gasteiger partial charge in [0.15, 0.2) is 5.82 Å². The quantitative estimate of drug-likeness (QED) is 0.277. The van der Waals surface area contributed by atoms with Gasteiger partial charge in [-0.15, -0.1) is 0 Å². The Morgan fingerprint density at radius 1 is 0.897 bits per heavy atom. The van der Waals surface area contributed by atoms with Crippen LogP contribution in [-0.4, -0.2) is 59.7 Å². The lowest BCUT2D eigenvalue weighted by Crippen LogP contribution is -2.20. The van der Waals surface area contributed by atoms with Gasteiger partial charge in [-0.3, -0.25) is 20.1 Å². The van der Waals surface area contributed by atoms with Crippen LogP contribution in [0.4, 0.5) is 4.39 Å². The number of aromatic nitrogens is 7. The summed E-state index contributed by atoms with van der Waals surface area (Å²) in [6.07, 6.45) is 13.2. The van der Waals surface area contributed by atoms with E-state index >= 15 is 0 Å². The monoisotopic (exact) mass is 518 g/mol. The molecule has 0 aliphatic carbocycles. The second kappa shape index (κ2) is 9.99. The number of hydrogen-bond acceptors (Lipinski definition) is 6. The Hall–Kier alpha value is -4.50. The molecule has 194 valence electrons.